The van der Waals surface area contributed by atoms with E-state index in [1.807, 2.05) is 0 Å². The van der Waals surface area contributed by atoms with Crippen LogP contribution in [0.15, 0.2) is 18.2 Å². The fourth-order valence-corrected chi connectivity index (χ4v) is 0.658. The van der Waals surface area contributed by atoms with Crippen LogP contribution < -0.4 is 0 Å². The Hall–Kier alpha value is -1.78. The van der Waals surface area contributed by atoms with Crippen molar-refractivity contribution in [3.8, 4) is 11.5 Å². The van der Waals surface area contributed by atoms with E-state index in [4.69, 9.17) is 5.11 Å². The van der Waals surface area contributed by atoms with E-state index >= 15 is 0 Å². The predicted octanol–water partition coefficient (Wildman–Crippen LogP) is 1.44. The molecule has 5 nitrogen and oxygen atoms in total. The van der Waals surface area contributed by atoms with E-state index in [2.05, 4.69) is 0 Å². The van der Waals surface area contributed by atoms with Crippen LogP contribution in [0.2, 0.25) is 0 Å². The van der Waals surface area contributed by atoms with Gasteiger partial charge in [0.2, 0.25) is 0 Å². The number of hydrogen-bond acceptors (Lipinski definition) is 3. The van der Waals surface area contributed by atoms with Crippen LogP contribution in [0.1, 0.15) is 0 Å². The van der Waals surface area contributed by atoms with Gasteiger partial charge in [-0.15, -0.1) is 0 Å². The highest BCUT2D eigenvalue weighted by molar-refractivity contribution is 5.48. The van der Waals surface area contributed by atoms with Crippen LogP contribution in [-0.4, -0.2) is 10.0 Å². The number of nitro benzene ring substituents is 1. The molecule has 1 aromatic rings. The molecule has 0 bridgehead atoms. The molecule has 5 heteroatoms. The number of phenols is 1. The zero-order chi connectivity index (χ0) is 8.43. The first kappa shape index (κ1) is 7.33. The lowest BCUT2D eigenvalue weighted by atomic mass is 10.3. The molecule has 57 valence electrons. The number of rotatable bonds is 1. The zero-order valence-corrected chi connectivity index (χ0v) is 5.35. The van der Waals surface area contributed by atoms with E-state index in [1.165, 1.54) is 0 Å². The predicted molar refractivity (Wildman–Crippen MR) is 34.9 cm³/mol. The highest BCUT2D eigenvalue weighted by Crippen LogP contribution is 2.28. The number of aromatic hydroxyl groups is 1. The van der Waals surface area contributed by atoms with Crippen LogP contribution >= 0.6 is 0 Å². The van der Waals surface area contributed by atoms with Crippen molar-refractivity contribution in [3.63, 3.8) is 0 Å². The Labute approximate surface area is 61.7 Å². The summed E-state index contributed by atoms with van der Waals surface area (Å²) in [5, 5.41) is 29.4. The molecule has 0 amide bonds. The topological polar surface area (TPSA) is 83.3 Å². The SMILES string of the molecule is [O]c1ccc([N+](=O)[O-])c(O)c1. The van der Waals surface area contributed by atoms with Gasteiger partial charge >= 0.3 is 5.69 Å². The van der Waals surface area contributed by atoms with Crippen LogP contribution in [0.25, 0.3) is 0 Å². The number of nitro groups is 1. The van der Waals surface area contributed by atoms with Crippen molar-refractivity contribution in [1.82, 2.24) is 0 Å². The molecule has 0 unspecified atom stereocenters. The summed E-state index contributed by atoms with van der Waals surface area (Å²) in [6.45, 7) is 0. The molecule has 1 N–H and O–H groups in total. The molecule has 0 aliphatic heterocycles. The third-order valence-corrected chi connectivity index (χ3v) is 1.14. The van der Waals surface area contributed by atoms with E-state index in [0.717, 1.165) is 18.2 Å². The second kappa shape index (κ2) is 2.45. The third kappa shape index (κ3) is 1.37. The fraction of sp³-hybridized carbons (Fsp3) is 0. The molecular formula is C6H4NO4. The van der Waals surface area contributed by atoms with Crippen molar-refractivity contribution in [2.24, 2.45) is 0 Å². The largest absolute Gasteiger partial charge is 0.502 e. The maximum Gasteiger partial charge on any atom is 0.310 e. The van der Waals surface area contributed by atoms with E-state index in [0.29, 0.717) is 0 Å². The first-order valence-corrected chi connectivity index (χ1v) is 2.75. The first-order valence-electron chi connectivity index (χ1n) is 2.75. The van der Waals surface area contributed by atoms with E-state index in [-0.39, 0.29) is 0 Å². The van der Waals surface area contributed by atoms with Gasteiger partial charge in [-0.1, -0.05) is 0 Å². The van der Waals surface area contributed by atoms with Crippen molar-refractivity contribution in [3.05, 3.63) is 28.3 Å². The summed E-state index contributed by atoms with van der Waals surface area (Å²) in [5.41, 5.74) is -0.454. The highest BCUT2D eigenvalue weighted by Gasteiger charge is 2.12. The Balaban J connectivity index is 3.20. The van der Waals surface area contributed by atoms with E-state index < -0.39 is 22.1 Å². The maximum absolute atomic E-state index is 10.5. The Morgan fingerprint density at radius 3 is 2.55 bits per heavy atom. The second-order valence-electron chi connectivity index (χ2n) is 1.91. The number of nitrogens with zero attached hydrogens (tertiary/aromatic N) is 1. The minimum atomic E-state index is -0.755. The van der Waals surface area contributed by atoms with Crippen LogP contribution in [0.3, 0.4) is 0 Å². The normalized spacial score (nSPS) is 9.45. The van der Waals surface area contributed by atoms with Gasteiger partial charge in [-0.25, -0.2) is 0 Å². The minimum Gasteiger partial charge on any atom is -0.502 e. The van der Waals surface area contributed by atoms with Gasteiger partial charge in [0, 0.05) is 12.1 Å². The van der Waals surface area contributed by atoms with Crippen LogP contribution in [0.4, 0.5) is 5.69 Å². The van der Waals surface area contributed by atoms with Gasteiger partial charge in [-0.3, -0.25) is 15.2 Å². The second-order valence-corrected chi connectivity index (χ2v) is 1.91. The summed E-state index contributed by atoms with van der Waals surface area (Å²) < 4.78 is 0. The summed E-state index contributed by atoms with van der Waals surface area (Å²) in [7, 11) is 0. The van der Waals surface area contributed by atoms with Crippen LogP contribution in [0, 0.1) is 10.1 Å². The van der Waals surface area contributed by atoms with Gasteiger partial charge in [0.05, 0.1) is 4.92 Å². The maximum atomic E-state index is 10.5. The third-order valence-electron chi connectivity index (χ3n) is 1.14. The van der Waals surface area contributed by atoms with Crippen molar-refractivity contribution >= 4 is 5.69 Å². The first-order chi connectivity index (χ1) is 5.11. The summed E-state index contributed by atoms with van der Waals surface area (Å²) >= 11 is 0. The van der Waals surface area contributed by atoms with Gasteiger partial charge in [-0.05, 0) is 6.07 Å². The van der Waals surface area contributed by atoms with E-state index in [1.54, 1.807) is 0 Å². The monoisotopic (exact) mass is 154 g/mol. The molecule has 0 saturated heterocycles. The van der Waals surface area contributed by atoms with Gasteiger partial charge in [-0.2, -0.15) is 0 Å². The van der Waals surface area contributed by atoms with Gasteiger partial charge in [0.1, 0.15) is 0 Å². The molecule has 1 rings (SSSR count). The molecule has 0 aliphatic rings. The van der Waals surface area contributed by atoms with Crippen molar-refractivity contribution in [1.29, 1.82) is 0 Å². The summed E-state index contributed by atoms with van der Waals surface area (Å²) in [6, 6.07) is 2.80. The lowest BCUT2D eigenvalue weighted by molar-refractivity contribution is -0.385. The van der Waals surface area contributed by atoms with Gasteiger partial charge < -0.3 is 5.11 Å². The summed E-state index contributed by atoms with van der Waals surface area (Å²) in [6.07, 6.45) is 0. The Kier molecular flexibility index (Phi) is 1.63. The summed E-state index contributed by atoms with van der Waals surface area (Å²) in [4.78, 5) is 9.32. The molecule has 0 saturated carbocycles. The quantitative estimate of drug-likeness (QED) is 0.490. The highest BCUT2D eigenvalue weighted by atomic mass is 16.6. The van der Waals surface area contributed by atoms with E-state index in [9.17, 15) is 15.2 Å². The number of hydrogen-bond donors (Lipinski definition) is 1. The van der Waals surface area contributed by atoms with Crippen LogP contribution in [-0.2, 0) is 5.11 Å². The van der Waals surface area contributed by atoms with Crippen molar-refractivity contribution < 1.29 is 15.1 Å². The molecule has 0 aliphatic carbocycles. The lowest BCUT2D eigenvalue weighted by Gasteiger charge is -1.93. The Morgan fingerprint density at radius 1 is 1.45 bits per heavy atom. The fourth-order valence-electron chi connectivity index (χ4n) is 0.658. The molecule has 0 heterocycles. The zero-order valence-electron chi connectivity index (χ0n) is 5.35. The number of benzene rings is 1. The number of phenolic OH excluding ortho intramolecular Hbond substituents is 1. The molecule has 1 aromatic carbocycles. The molecule has 0 fully saturated rings. The van der Waals surface area contributed by atoms with Gasteiger partial charge in [0.25, 0.3) is 0 Å². The van der Waals surface area contributed by atoms with Crippen molar-refractivity contribution in [2.75, 3.05) is 0 Å². The smallest absolute Gasteiger partial charge is 0.310 e. The average Bonchev–Trinajstić information content (AvgIpc) is 1.85. The molecule has 0 atom stereocenters. The Bertz CT molecular complexity index is 297. The molecule has 0 aromatic heterocycles. The Morgan fingerprint density at radius 2 is 2.09 bits per heavy atom. The molecule has 11 heavy (non-hydrogen) atoms. The molecule has 0 spiro atoms. The van der Waals surface area contributed by atoms with Crippen molar-refractivity contribution in [2.45, 2.75) is 0 Å². The minimum absolute atomic E-state index is 0.451. The van der Waals surface area contributed by atoms with Gasteiger partial charge in [0.15, 0.2) is 11.5 Å². The summed E-state index contributed by atoms with van der Waals surface area (Å²) in [5.74, 6) is -1.05. The molecule has 1 radical (unpaired) electrons. The molecular weight excluding hydrogens is 150 g/mol. The average molecular weight is 154 g/mol. The van der Waals surface area contributed by atoms with Crippen LogP contribution in [0.5, 0.6) is 11.5 Å². The lowest BCUT2D eigenvalue weighted by Crippen LogP contribution is -1.86. The standard InChI is InChI=1S/C6H4NO4/c8-4-1-2-5(7(10)11)6(9)3-4/h1-3,9H.